The van der Waals surface area contributed by atoms with Crippen molar-refractivity contribution in [1.82, 2.24) is 10.3 Å². The minimum absolute atomic E-state index is 0.161. The van der Waals surface area contributed by atoms with Crippen molar-refractivity contribution < 1.29 is 4.39 Å². The van der Waals surface area contributed by atoms with E-state index in [1.54, 1.807) is 23.5 Å². The van der Waals surface area contributed by atoms with E-state index in [4.69, 9.17) is 0 Å². The lowest BCUT2D eigenvalue weighted by Gasteiger charge is -2.18. The molecule has 112 valence electrons. The number of nitrogens with zero attached hydrogens (tertiary/aromatic N) is 1. The monoisotopic (exact) mass is 304 g/mol. The first-order valence-corrected chi connectivity index (χ1v) is 8.48. The summed E-state index contributed by atoms with van der Waals surface area (Å²) in [7, 11) is 0. The minimum Gasteiger partial charge on any atom is -0.313 e. The average molecular weight is 304 g/mol. The van der Waals surface area contributed by atoms with Crippen LogP contribution in [0.2, 0.25) is 0 Å². The molecule has 1 aliphatic carbocycles. The smallest absolute Gasteiger partial charge is 0.123 e. The van der Waals surface area contributed by atoms with Crippen molar-refractivity contribution in [1.29, 1.82) is 0 Å². The first-order valence-electron chi connectivity index (χ1n) is 7.60. The summed E-state index contributed by atoms with van der Waals surface area (Å²) < 4.78 is 13.1. The van der Waals surface area contributed by atoms with Gasteiger partial charge in [0.25, 0.3) is 0 Å². The molecule has 1 fully saturated rings. The van der Waals surface area contributed by atoms with Crippen molar-refractivity contribution in [2.45, 2.75) is 44.6 Å². The van der Waals surface area contributed by atoms with E-state index in [1.165, 1.54) is 23.3 Å². The highest BCUT2D eigenvalue weighted by Crippen LogP contribution is 2.26. The highest BCUT2D eigenvalue weighted by atomic mass is 32.1. The fourth-order valence-electron chi connectivity index (χ4n) is 2.59. The van der Waals surface area contributed by atoms with Crippen molar-refractivity contribution in [2.24, 2.45) is 0 Å². The lowest BCUT2D eigenvalue weighted by Crippen LogP contribution is -2.24. The molecular weight excluding hydrogens is 283 g/mol. The van der Waals surface area contributed by atoms with E-state index in [0.717, 1.165) is 25.1 Å². The molecule has 1 atom stereocenters. The zero-order valence-corrected chi connectivity index (χ0v) is 13.1. The second kappa shape index (κ2) is 6.67. The SMILES string of the molecule is Cc1ncsc1CCC(CNC1CC1)c1ccc(F)cc1. The molecular formula is C17H21FN2S. The maximum Gasteiger partial charge on any atom is 0.123 e. The second-order valence-electron chi connectivity index (χ2n) is 5.83. The highest BCUT2D eigenvalue weighted by molar-refractivity contribution is 7.09. The molecule has 2 nitrogen and oxygen atoms in total. The van der Waals surface area contributed by atoms with Gasteiger partial charge < -0.3 is 5.32 Å². The summed E-state index contributed by atoms with van der Waals surface area (Å²) >= 11 is 1.73. The molecule has 0 bridgehead atoms. The van der Waals surface area contributed by atoms with E-state index in [-0.39, 0.29) is 5.82 Å². The van der Waals surface area contributed by atoms with Gasteiger partial charge in [0, 0.05) is 17.5 Å². The van der Waals surface area contributed by atoms with Gasteiger partial charge in [-0.15, -0.1) is 11.3 Å². The number of nitrogens with one attached hydrogen (secondary N) is 1. The van der Waals surface area contributed by atoms with Crippen LogP contribution < -0.4 is 5.32 Å². The summed E-state index contributed by atoms with van der Waals surface area (Å²) in [5.74, 6) is 0.277. The van der Waals surface area contributed by atoms with Crippen LogP contribution in [0.15, 0.2) is 29.8 Å². The number of benzene rings is 1. The standard InChI is InChI=1S/C17H21FN2S/c1-12-17(21-11-20-12)9-4-14(10-19-16-7-8-16)13-2-5-15(18)6-3-13/h2-3,5-6,11,14,16,19H,4,7-10H2,1H3. The molecule has 1 aliphatic rings. The lowest BCUT2D eigenvalue weighted by atomic mass is 9.93. The van der Waals surface area contributed by atoms with Gasteiger partial charge in [0.15, 0.2) is 0 Å². The van der Waals surface area contributed by atoms with Gasteiger partial charge in [-0.05, 0) is 56.2 Å². The molecule has 0 spiro atoms. The van der Waals surface area contributed by atoms with Crippen LogP contribution in [0.1, 0.15) is 41.3 Å². The molecule has 0 aliphatic heterocycles. The molecule has 1 heterocycles. The molecule has 0 amide bonds. The summed E-state index contributed by atoms with van der Waals surface area (Å²) in [6.07, 6.45) is 4.72. The molecule has 1 N–H and O–H groups in total. The largest absolute Gasteiger partial charge is 0.313 e. The first kappa shape index (κ1) is 14.7. The number of hydrogen-bond acceptors (Lipinski definition) is 3. The van der Waals surface area contributed by atoms with Crippen LogP contribution in [0.3, 0.4) is 0 Å². The summed E-state index contributed by atoms with van der Waals surface area (Å²) in [6, 6.07) is 7.69. The Morgan fingerprint density at radius 3 is 2.71 bits per heavy atom. The summed E-state index contributed by atoms with van der Waals surface area (Å²) in [6.45, 7) is 3.05. The van der Waals surface area contributed by atoms with E-state index in [2.05, 4.69) is 17.2 Å². The highest BCUT2D eigenvalue weighted by Gasteiger charge is 2.22. The molecule has 1 saturated carbocycles. The van der Waals surface area contributed by atoms with Crippen LogP contribution in [0.4, 0.5) is 4.39 Å². The number of halogens is 1. The zero-order chi connectivity index (χ0) is 14.7. The Hall–Kier alpha value is -1.26. The Balaban J connectivity index is 1.65. The van der Waals surface area contributed by atoms with Gasteiger partial charge in [0.1, 0.15) is 5.82 Å². The third-order valence-corrected chi connectivity index (χ3v) is 5.13. The van der Waals surface area contributed by atoms with Gasteiger partial charge in [-0.3, -0.25) is 0 Å². The predicted octanol–water partition coefficient (Wildman–Crippen LogP) is 4.06. The summed E-state index contributed by atoms with van der Waals surface area (Å²) in [5, 5.41) is 3.61. The maximum absolute atomic E-state index is 13.1. The minimum atomic E-state index is -0.161. The Morgan fingerprint density at radius 2 is 2.10 bits per heavy atom. The number of rotatable bonds is 7. The van der Waals surface area contributed by atoms with Crippen molar-refractivity contribution in [2.75, 3.05) is 6.54 Å². The van der Waals surface area contributed by atoms with E-state index < -0.39 is 0 Å². The summed E-state index contributed by atoms with van der Waals surface area (Å²) in [4.78, 5) is 5.69. The number of aromatic nitrogens is 1. The maximum atomic E-state index is 13.1. The molecule has 1 aromatic carbocycles. The van der Waals surface area contributed by atoms with Crippen molar-refractivity contribution in [3.63, 3.8) is 0 Å². The fourth-order valence-corrected chi connectivity index (χ4v) is 3.39. The van der Waals surface area contributed by atoms with Gasteiger partial charge in [-0.2, -0.15) is 0 Å². The van der Waals surface area contributed by atoms with Crippen LogP contribution in [0.25, 0.3) is 0 Å². The molecule has 3 rings (SSSR count). The normalized spacial score (nSPS) is 16.1. The van der Waals surface area contributed by atoms with Gasteiger partial charge in [0.2, 0.25) is 0 Å². The Bertz CT molecular complexity index is 575. The lowest BCUT2D eigenvalue weighted by molar-refractivity contribution is 0.547. The zero-order valence-electron chi connectivity index (χ0n) is 12.3. The molecule has 1 aromatic heterocycles. The van der Waals surface area contributed by atoms with Gasteiger partial charge in [0.05, 0.1) is 11.2 Å². The van der Waals surface area contributed by atoms with E-state index >= 15 is 0 Å². The molecule has 1 unspecified atom stereocenters. The van der Waals surface area contributed by atoms with Crippen molar-refractivity contribution >= 4 is 11.3 Å². The second-order valence-corrected chi connectivity index (χ2v) is 6.77. The van der Waals surface area contributed by atoms with E-state index in [0.29, 0.717) is 12.0 Å². The van der Waals surface area contributed by atoms with Crippen LogP contribution in [0, 0.1) is 12.7 Å². The quantitative estimate of drug-likeness (QED) is 0.834. The number of aryl methyl sites for hydroxylation is 2. The first-order chi connectivity index (χ1) is 10.2. The van der Waals surface area contributed by atoms with Crippen LogP contribution >= 0.6 is 11.3 Å². The van der Waals surface area contributed by atoms with Gasteiger partial charge >= 0.3 is 0 Å². The fraction of sp³-hybridized carbons (Fsp3) is 0.471. The Labute approximate surface area is 129 Å². The van der Waals surface area contributed by atoms with E-state index in [9.17, 15) is 4.39 Å². The predicted molar refractivity (Wildman–Crippen MR) is 85.3 cm³/mol. The van der Waals surface area contributed by atoms with Crippen LogP contribution in [-0.4, -0.2) is 17.6 Å². The van der Waals surface area contributed by atoms with Gasteiger partial charge in [-0.1, -0.05) is 12.1 Å². The van der Waals surface area contributed by atoms with Crippen molar-refractivity contribution in [3.05, 3.63) is 51.7 Å². The third-order valence-electron chi connectivity index (χ3n) is 4.14. The van der Waals surface area contributed by atoms with Crippen molar-refractivity contribution in [3.8, 4) is 0 Å². The summed E-state index contributed by atoms with van der Waals surface area (Å²) in [5.41, 5.74) is 4.29. The van der Waals surface area contributed by atoms with Crippen LogP contribution in [-0.2, 0) is 6.42 Å². The van der Waals surface area contributed by atoms with Gasteiger partial charge in [-0.25, -0.2) is 9.37 Å². The Morgan fingerprint density at radius 1 is 1.33 bits per heavy atom. The molecule has 21 heavy (non-hydrogen) atoms. The van der Waals surface area contributed by atoms with E-state index in [1.807, 2.05) is 17.6 Å². The Kier molecular flexibility index (Phi) is 4.66. The molecule has 0 saturated heterocycles. The number of thiazole rings is 1. The average Bonchev–Trinajstić information content (AvgIpc) is 3.22. The topological polar surface area (TPSA) is 24.9 Å². The molecule has 2 aromatic rings. The third kappa shape index (κ3) is 4.11. The molecule has 4 heteroatoms. The molecule has 0 radical (unpaired) electrons. The van der Waals surface area contributed by atoms with Crippen LogP contribution in [0.5, 0.6) is 0 Å². The number of hydrogen-bond donors (Lipinski definition) is 1.